The van der Waals surface area contributed by atoms with Crippen LogP contribution in [-0.2, 0) is 22.7 Å². The highest BCUT2D eigenvalue weighted by Gasteiger charge is 2.38. The molecule has 0 unspecified atom stereocenters. The van der Waals surface area contributed by atoms with Crippen molar-refractivity contribution in [3.05, 3.63) is 97.2 Å². The van der Waals surface area contributed by atoms with E-state index in [9.17, 15) is 42.4 Å². The first-order chi connectivity index (χ1) is 20.9. The molecule has 0 atom stereocenters. The SMILES string of the molecule is CCOC(=O)/C(=C\Nc1cc(NCc2ccc(OC)cc2OC)c(F)cc1CO)C(=O)c1c(F)c(Cl)c(F)c(F)c1[N+](=O)[O-]. The fraction of sp³-hybridized carbons (Fsp3) is 0.214. The third-order valence-corrected chi connectivity index (χ3v) is 6.42. The first kappa shape index (κ1) is 33.6. The Morgan fingerprint density at radius 2 is 1.73 bits per heavy atom. The average molecular weight is 642 g/mol. The number of esters is 1. The molecule has 11 nitrogen and oxygen atoms in total. The number of carbonyl (C=O) groups is 2. The van der Waals surface area contributed by atoms with Crippen LogP contribution in [0, 0.1) is 33.4 Å². The van der Waals surface area contributed by atoms with Crippen molar-refractivity contribution >= 4 is 40.4 Å². The van der Waals surface area contributed by atoms with Crippen LogP contribution in [0.2, 0.25) is 5.02 Å². The lowest BCUT2D eigenvalue weighted by Gasteiger charge is -2.16. The summed E-state index contributed by atoms with van der Waals surface area (Å²) in [6.07, 6.45) is 0.626. The van der Waals surface area contributed by atoms with Gasteiger partial charge in [-0.2, -0.15) is 4.39 Å². The fourth-order valence-electron chi connectivity index (χ4n) is 3.91. The van der Waals surface area contributed by atoms with Gasteiger partial charge in [-0.1, -0.05) is 11.6 Å². The zero-order valence-corrected chi connectivity index (χ0v) is 24.0. The quantitative estimate of drug-likeness (QED) is 0.0204. The van der Waals surface area contributed by atoms with E-state index in [-0.39, 0.29) is 30.1 Å². The van der Waals surface area contributed by atoms with E-state index in [4.69, 9.17) is 25.8 Å². The molecule has 0 saturated carbocycles. The molecule has 3 aromatic rings. The van der Waals surface area contributed by atoms with E-state index >= 15 is 0 Å². The van der Waals surface area contributed by atoms with Crippen molar-refractivity contribution in [1.82, 2.24) is 0 Å². The second kappa shape index (κ2) is 14.5. The first-order valence-electron chi connectivity index (χ1n) is 12.5. The number of carbonyl (C=O) groups excluding carboxylic acids is 2. The van der Waals surface area contributed by atoms with Crippen molar-refractivity contribution in [2.75, 3.05) is 31.5 Å². The molecule has 0 aliphatic carbocycles. The van der Waals surface area contributed by atoms with Gasteiger partial charge in [-0.3, -0.25) is 14.9 Å². The van der Waals surface area contributed by atoms with Crippen LogP contribution in [0.25, 0.3) is 0 Å². The van der Waals surface area contributed by atoms with Crippen LogP contribution in [0.5, 0.6) is 11.5 Å². The number of halogens is 5. The highest BCUT2D eigenvalue weighted by Crippen LogP contribution is 2.36. The Morgan fingerprint density at radius 1 is 1.02 bits per heavy atom. The summed E-state index contributed by atoms with van der Waals surface area (Å²) < 4.78 is 73.3. The molecule has 3 N–H and O–H groups in total. The summed E-state index contributed by atoms with van der Waals surface area (Å²) in [5.74, 6) is -9.39. The van der Waals surface area contributed by atoms with E-state index in [1.165, 1.54) is 21.1 Å². The third kappa shape index (κ3) is 7.01. The molecule has 0 aliphatic rings. The molecular weight excluding hydrogens is 618 g/mol. The summed E-state index contributed by atoms with van der Waals surface area (Å²) in [6.45, 7) is 0.351. The van der Waals surface area contributed by atoms with Gasteiger partial charge in [0.05, 0.1) is 38.0 Å². The maximum absolute atomic E-state index is 14.9. The minimum Gasteiger partial charge on any atom is -0.497 e. The van der Waals surface area contributed by atoms with Gasteiger partial charge < -0.3 is 30.0 Å². The molecular formula is C28H24ClF4N3O8. The molecule has 0 fully saturated rings. The Balaban J connectivity index is 2.06. The van der Waals surface area contributed by atoms with E-state index in [0.29, 0.717) is 23.3 Å². The number of anilines is 2. The van der Waals surface area contributed by atoms with Crippen LogP contribution in [0.15, 0.2) is 42.1 Å². The summed E-state index contributed by atoms with van der Waals surface area (Å²) in [4.78, 5) is 35.8. The van der Waals surface area contributed by atoms with Crippen LogP contribution >= 0.6 is 11.6 Å². The number of hydrogen-bond donors (Lipinski definition) is 3. The largest absolute Gasteiger partial charge is 0.497 e. The molecule has 0 bridgehead atoms. The van der Waals surface area contributed by atoms with Gasteiger partial charge in [0.15, 0.2) is 11.6 Å². The molecule has 3 aromatic carbocycles. The smallest absolute Gasteiger partial charge is 0.343 e. The van der Waals surface area contributed by atoms with Crippen molar-refractivity contribution in [3.8, 4) is 11.5 Å². The van der Waals surface area contributed by atoms with Crippen molar-refractivity contribution in [2.24, 2.45) is 0 Å². The number of rotatable bonds is 13. The lowest BCUT2D eigenvalue weighted by molar-refractivity contribution is -0.388. The second-order valence-corrected chi connectivity index (χ2v) is 9.05. The van der Waals surface area contributed by atoms with Crippen LogP contribution in [0.1, 0.15) is 28.4 Å². The van der Waals surface area contributed by atoms with Crippen LogP contribution in [0.4, 0.5) is 34.6 Å². The number of methoxy groups -OCH3 is 2. The Labute approximate surface area is 252 Å². The van der Waals surface area contributed by atoms with Gasteiger partial charge in [0.25, 0.3) is 0 Å². The maximum atomic E-state index is 14.9. The number of aliphatic hydroxyl groups is 1. The summed E-state index contributed by atoms with van der Waals surface area (Å²) in [6, 6.07) is 7.05. The van der Waals surface area contributed by atoms with E-state index < -0.39 is 68.4 Å². The van der Waals surface area contributed by atoms with E-state index in [0.717, 1.165) is 12.1 Å². The highest BCUT2D eigenvalue weighted by molar-refractivity contribution is 6.32. The molecule has 234 valence electrons. The molecule has 0 aliphatic heterocycles. The molecule has 0 radical (unpaired) electrons. The number of nitrogens with one attached hydrogen (secondary N) is 2. The Kier molecular flexibility index (Phi) is 11.1. The summed E-state index contributed by atoms with van der Waals surface area (Å²) in [5, 5.41) is 25.0. The number of hydrogen-bond acceptors (Lipinski definition) is 10. The fourth-order valence-corrected chi connectivity index (χ4v) is 4.09. The Hall–Kier alpha value is -4.89. The third-order valence-electron chi connectivity index (χ3n) is 6.09. The number of nitro benzene ring substituents is 1. The van der Waals surface area contributed by atoms with Gasteiger partial charge >= 0.3 is 11.7 Å². The summed E-state index contributed by atoms with van der Waals surface area (Å²) in [5.41, 5.74) is -4.30. The van der Waals surface area contributed by atoms with Crippen molar-refractivity contribution in [2.45, 2.75) is 20.1 Å². The standard InChI is InChI=1S/C28H24ClF4N3O8/c1-4-44-28(39)16(27(38)21-23(31)22(29)24(32)25(33)26(21)36(40)41)11-35-18-9-19(17(30)7-14(18)12-37)34-10-13-5-6-15(42-2)8-20(13)43-3/h5-9,11,34-35,37H,4,10,12H2,1-3H3/b16-11-. The topological polar surface area (TPSA) is 149 Å². The van der Waals surface area contributed by atoms with Gasteiger partial charge in [-0.25, -0.2) is 18.0 Å². The Morgan fingerprint density at radius 3 is 2.32 bits per heavy atom. The van der Waals surface area contributed by atoms with Crippen LogP contribution in [-0.4, -0.2) is 42.6 Å². The molecule has 44 heavy (non-hydrogen) atoms. The normalized spacial score (nSPS) is 11.2. The van der Waals surface area contributed by atoms with Gasteiger partial charge in [0.2, 0.25) is 11.6 Å². The van der Waals surface area contributed by atoms with Crippen LogP contribution in [0.3, 0.4) is 0 Å². The molecule has 0 spiro atoms. The number of ketones is 1. The number of Topliss-reactive ketones (excluding diaryl/α,β-unsaturated/α-hetero) is 1. The lowest BCUT2D eigenvalue weighted by atomic mass is 10.0. The number of ether oxygens (including phenoxy) is 3. The minimum absolute atomic E-state index is 0.0459. The number of nitrogens with zero attached hydrogens (tertiary/aromatic N) is 1. The van der Waals surface area contributed by atoms with Gasteiger partial charge in [-0.15, -0.1) is 0 Å². The first-order valence-corrected chi connectivity index (χ1v) is 12.8. The number of aliphatic hydroxyl groups excluding tert-OH is 1. The molecule has 16 heteroatoms. The lowest BCUT2D eigenvalue weighted by Crippen LogP contribution is -2.21. The minimum atomic E-state index is -2.23. The second-order valence-electron chi connectivity index (χ2n) is 8.67. The van der Waals surface area contributed by atoms with Crippen LogP contribution < -0.4 is 20.1 Å². The van der Waals surface area contributed by atoms with Crippen molar-refractivity contribution < 1.29 is 51.4 Å². The number of benzene rings is 3. The molecule has 3 rings (SSSR count). The Bertz CT molecular complexity index is 1650. The molecule has 0 amide bonds. The zero-order valence-electron chi connectivity index (χ0n) is 23.2. The summed E-state index contributed by atoms with van der Waals surface area (Å²) >= 11 is 5.41. The van der Waals surface area contributed by atoms with Crippen molar-refractivity contribution in [3.63, 3.8) is 0 Å². The van der Waals surface area contributed by atoms with Gasteiger partial charge in [-0.05, 0) is 31.2 Å². The predicted molar refractivity (Wildman–Crippen MR) is 150 cm³/mol. The monoisotopic (exact) mass is 641 g/mol. The van der Waals surface area contributed by atoms with Gasteiger partial charge in [0.1, 0.15) is 33.5 Å². The van der Waals surface area contributed by atoms with Crippen molar-refractivity contribution in [1.29, 1.82) is 0 Å². The van der Waals surface area contributed by atoms with E-state index in [2.05, 4.69) is 10.6 Å². The molecule has 0 aromatic heterocycles. The van der Waals surface area contributed by atoms with Gasteiger partial charge in [0, 0.05) is 35.6 Å². The molecule has 0 saturated heterocycles. The maximum Gasteiger partial charge on any atom is 0.343 e. The highest BCUT2D eigenvalue weighted by atomic mass is 35.5. The van der Waals surface area contributed by atoms with E-state index in [1.54, 1.807) is 18.2 Å². The average Bonchev–Trinajstić information content (AvgIpc) is 3.01. The zero-order chi connectivity index (χ0) is 32.7. The number of nitro groups is 1. The predicted octanol–water partition coefficient (Wildman–Crippen LogP) is 5.67. The summed E-state index contributed by atoms with van der Waals surface area (Å²) in [7, 11) is 2.90. The van der Waals surface area contributed by atoms with E-state index in [1.807, 2.05) is 0 Å². The molecule has 0 heterocycles.